The Morgan fingerprint density at radius 2 is 2.14 bits per heavy atom. The van der Waals surface area contributed by atoms with Crippen molar-refractivity contribution in [1.29, 1.82) is 0 Å². The van der Waals surface area contributed by atoms with Gasteiger partial charge < -0.3 is 16.0 Å². The van der Waals surface area contributed by atoms with Gasteiger partial charge in [0.25, 0.3) is 5.91 Å². The van der Waals surface area contributed by atoms with Gasteiger partial charge in [-0.2, -0.15) is 0 Å². The second-order valence-corrected chi connectivity index (χ2v) is 5.10. The number of benzene rings is 1. The standard InChI is InChI=1S/C15H21N3O2.ClH/c1-10-12(15(20)16-2)6-3-7-13(10)18-14(19)9-11-5-4-8-17-11;/h3,6-7,11,17H,4-5,8-9H2,1-2H3,(H,16,20)(H,18,19);1H. The van der Waals surface area contributed by atoms with Gasteiger partial charge in [0.15, 0.2) is 0 Å². The second-order valence-electron chi connectivity index (χ2n) is 5.10. The number of carbonyl (C=O) groups is 2. The molecule has 3 N–H and O–H groups in total. The van der Waals surface area contributed by atoms with Crippen molar-refractivity contribution in [3.8, 4) is 0 Å². The minimum atomic E-state index is -0.143. The van der Waals surface area contributed by atoms with Crippen LogP contribution in [0.2, 0.25) is 0 Å². The number of hydrogen-bond acceptors (Lipinski definition) is 3. The Hall–Kier alpha value is -1.59. The first kappa shape index (κ1) is 17.5. The average molecular weight is 312 g/mol. The summed E-state index contributed by atoms with van der Waals surface area (Å²) in [4.78, 5) is 23.7. The first-order chi connectivity index (χ1) is 9.61. The molecule has 0 saturated carbocycles. The Balaban J connectivity index is 0.00000220. The van der Waals surface area contributed by atoms with Crippen LogP contribution in [0.4, 0.5) is 5.69 Å². The third-order valence-corrected chi connectivity index (χ3v) is 3.67. The molecule has 1 aromatic carbocycles. The van der Waals surface area contributed by atoms with E-state index >= 15 is 0 Å². The van der Waals surface area contributed by atoms with Crippen LogP contribution in [0.5, 0.6) is 0 Å². The van der Waals surface area contributed by atoms with Gasteiger partial charge in [-0.25, -0.2) is 0 Å². The predicted molar refractivity (Wildman–Crippen MR) is 86.1 cm³/mol. The predicted octanol–water partition coefficient (Wildman–Crippen LogP) is 1.86. The van der Waals surface area contributed by atoms with Crippen LogP contribution in [-0.4, -0.2) is 31.4 Å². The number of halogens is 1. The van der Waals surface area contributed by atoms with Crippen molar-refractivity contribution >= 4 is 29.9 Å². The second kappa shape index (κ2) is 8.00. The minimum absolute atomic E-state index is 0. The lowest BCUT2D eigenvalue weighted by Gasteiger charge is -2.14. The molecule has 1 atom stereocenters. The molecular formula is C15H22ClN3O2. The summed E-state index contributed by atoms with van der Waals surface area (Å²) in [5.41, 5.74) is 2.08. The van der Waals surface area contributed by atoms with Gasteiger partial charge in [-0.1, -0.05) is 6.07 Å². The molecule has 6 heteroatoms. The Morgan fingerprint density at radius 1 is 1.38 bits per heavy atom. The number of anilines is 1. The molecule has 0 aliphatic carbocycles. The maximum atomic E-state index is 12.0. The zero-order valence-electron chi connectivity index (χ0n) is 12.4. The summed E-state index contributed by atoms with van der Waals surface area (Å²) in [6.45, 7) is 2.83. The highest BCUT2D eigenvalue weighted by atomic mass is 35.5. The Kier molecular flexibility index (Phi) is 6.65. The van der Waals surface area contributed by atoms with Crippen molar-refractivity contribution in [3.63, 3.8) is 0 Å². The first-order valence-electron chi connectivity index (χ1n) is 6.96. The molecule has 5 nitrogen and oxygen atoms in total. The van der Waals surface area contributed by atoms with E-state index in [2.05, 4.69) is 16.0 Å². The van der Waals surface area contributed by atoms with E-state index in [0.717, 1.165) is 24.9 Å². The molecule has 1 unspecified atom stereocenters. The van der Waals surface area contributed by atoms with E-state index in [4.69, 9.17) is 0 Å². The van der Waals surface area contributed by atoms with Gasteiger partial charge in [0.2, 0.25) is 5.91 Å². The molecular weight excluding hydrogens is 290 g/mol. The molecule has 0 radical (unpaired) electrons. The smallest absolute Gasteiger partial charge is 0.251 e. The Bertz CT molecular complexity index is 514. The largest absolute Gasteiger partial charge is 0.355 e. The lowest BCUT2D eigenvalue weighted by atomic mass is 10.1. The summed E-state index contributed by atoms with van der Waals surface area (Å²) in [5.74, 6) is -0.155. The molecule has 116 valence electrons. The fourth-order valence-corrected chi connectivity index (χ4v) is 2.51. The minimum Gasteiger partial charge on any atom is -0.355 e. The summed E-state index contributed by atoms with van der Waals surface area (Å²) in [6.07, 6.45) is 2.65. The van der Waals surface area contributed by atoms with E-state index in [0.29, 0.717) is 17.7 Å². The molecule has 1 aromatic rings. The van der Waals surface area contributed by atoms with Crippen LogP contribution >= 0.6 is 12.4 Å². The molecule has 0 bridgehead atoms. The third-order valence-electron chi connectivity index (χ3n) is 3.67. The maximum absolute atomic E-state index is 12.0. The van der Waals surface area contributed by atoms with Crippen LogP contribution in [0.15, 0.2) is 18.2 Å². The fourth-order valence-electron chi connectivity index (χ4n) is 2.51. The molecule has 1 heterocycles. The van der Waals surface area contributed by atoms with Crippen molar-refractivity contribution in [2.75, 3.05) is 18.9 Å². The normalized spacial score (nSPS) is 17.0. The van der Waals surface area contributed by atoms with Gasteiger partial charge in [0, 0.05) is 30.8 Å². The van der Waals surface area contributed by atoms with Crippen LogP contribution < -0.4 is 16.0 Å². The van der Waals surface area contributed by atoms with Gasteiger partial charge in [-0.15, -0.1) is 12.4 Å². The van der Waals surface area contributed by atoms with Crippen molar-refractivity contribution in [1.82, 2.24) is 10.6 Å². The lowest BCUT2D eigenvalue weighted by Crippen LogP contribution is -2.28. The topological polar surface area (TPSA) is 70.2 Å². The highest BCUT2D eigenvalue weighted by Gasteiger charge is 2.18. The van der Waals surface area contributed by atoms with Crippen LogP contribution in [0.25, 0.3) is 0 Å². The summed E-state index contributed by atoms with van der Waals surface area (Å²) >= 11 is 0. The fraction of sp³-hybridized carbons (Fsp3) is 0.467. The molecule has 0 spiro atoms. The maximum Gasteiger partial charge on any atom is 0.251 e. The van der Waals surface area contributed by atoms with Gasteiger partial charge in [0.05, 0.1) is 0 Å². The molecule has 1 saturated heterocycles. The van der Waals surface area contributed by atoms with Crippen LogP contribution in [0.3, 0.4) is 0 Å². The van der Waals surface area contributed by atoms with Crippen LogP contribution in [0.1, 0.15) is 35.2 Å². The number of hydrogen-bond donors (Lipinski definition) is 3. The van der Waals surface area contributed by atoms with E-state index in [-0.39, 0.29) is 30.3 Å². The van der Waals surface area contributed by atoms with Crippen LogP contribution in [-0.2, 0) is 4.79 Å². The molecule has 2 amide bonds. The summed E-state index contributed by atoms with van der Waals surface area (Å²) in [5, 5.41) is 8.80. The molecule has 1 fully saturated rings. The van der Waals surface area contributed by atoms with E-state index < -0.39 is 0 Å². The monoisotopic (exact) mass is 311 g/mol. The first-order valence-corrected chi connectivity index (χ1v) is 6.96. The van der Waals surface area contributed by atoms with Gasteiger partial charge in [-0.3, -0.25) is 9.59 Å². The quantitative estimate of drug-likeness (QED) is 0.795. The van der Waals surface area contributed by atoms with Gasteiger partial charge in [-0.05, 0) is 44.0 Å². The zero-order chi connectivity index (χ0) is 14.5. The van der Waals surface area contributed by atoms with E-state index in [1.54, 1.807) is 19.2 Å². The van der Waals surface area contributed by atoms with Crippen LogP contribution in [0, 0.1) is 6.92 Å². The highest BCUT2D eigenvalue weighted by Crippen LogP contribution is 2.19. The Morgan fingerprint density at radius 3 is 2.76 bits per heavy atom. The van der Waals surface area contributed by atoms with E-state index in [1.165, 1.54) is 0 Å². The SMILES string of the molecule is CNC(=O)c1cccc(NC(=O)CC2CCCN2)c1C.Cl. The summed E-state index contributed by atoms with van der Waals surface area (Å²) in [6, 6.07) is 5.63. The number of carbonyl (C=O) groups excluding carboxylic acids is 2. The molecule has 21 heavy (non-hydrogen) atoms. The zero-order valence-corrected chi connectivity index (χ0v) is 13.2. The average Bonchev–Trinajstić information content (AvgIpc) is 2.93. The van der Waals surface area contributed by atoms with Crippen molar-refractivity contribution in [3.05, 3.63) is 29.3 Å². The number of nitrogens with one attached hydrogen (secondary N) is 3. The molecule has 1 aliphatic rings. The molecule has 1 aliphatic heterocycles. The van der Waals surface area contributed by atoms with Crippen molar-refractivity contribution < 1.29 is 9.59 Å². The lowest BCUT2D eigenvalue weighted by molar-refractivity contribution is -0.116. The number of amides is 2. The van der Waals surface area contributed by atoms with E-state index in [9.17, 15) is 9.59 Å². The molecule has 2 rings (SSSR count). The third kappa shape index (κ3) is 4.44. The van der Waals surface area contributed by atoms with E-state index in [1.807, 2.05) is 13.0 Å². The van der Waals surface area contributed by atoms with Crippen molar-refractivity contribution in [2.45, 2.75) is 32.2 Å². The highest BCUT2D eigenvalue weighted by molar-refractivity contribution is 5.99. The van der Waals surface area contributed by atoms with Gasteiger partial charge in [0.1, 0.15) is 0 Å². The summed E-state index contributed by atoms with van der Waals surface area (Å²) < 4.78 is 0. The molecule has 0 aromatic heterocycles. The Labute approximate surface area is 131 Å². The summed E-state index contributed by atoms with van der Waals surface area (Å²) in [7, 11) is 1.60. The van der Waals surface area contributed by atoms with Crippen molar-refractivity contribution in [2.24, 2.45) is 0 Å². The van der Waals surface area contributed by atoms with Gasteiger partial charge >= 0.3 is 0 Å². The number of rotatable bonds is 4.